The smallest absolute Gasteiger partial charge is 0.273 e. The molecule has 0 spiro atoms. The number of nitrogens with zero attached hydrogens (tertiary/aromatic N) is 3. The SMILES string of the molecule is COc1nc(C)c(C(=O)N2CCCN(C3CCCCC3)CC2)s1. The molecule has 2 aliphatic rings. The Morgan fingerprint density at radius 2 is 1.91 bits per heavy atom. The number of aromatic nitrogens is 1. The highest BCUT2D eigenvalue weighted by Gasteiger charge is 2.27. The third-order valence-corrected chi connectivity index (χ3v) is 6.16. The van der Waals surface area contributed by atoms with Crippen molar-refractivity contribution < 1.29 is 9.53 Å². The van der Waals surface area contributed by atoms with E-state index in [9.17, 15) is 4.79 Å². The molecule has 1 amide bonds. The van der Waals surface area contributed by atoms with Crippen LogP contribution < -0.4 is 4.74 Å². The Hall–Kier alpha value is -1.14. The lowest BCUT2D eigenvalue weighted by Crippen LogP contribution is -2.40. The van der Waals surface area contributed by atoms with Crippen molar-refractivity contribution in [3.8, 4) is 5.19 Å². The molecule has 0 atom stereocenters. The van der Waals surface area contributed by atoms with Gasteiger partial charge in [-0.3, -0.25) is 9.69 Å². The molecular weight excluding hydrogens is 310 g/mol. The van der Waals surface area contributed by atoms with E-state index in [1.54, 1.807) is 7.11 Å². The van der Waals surface area contributed by atoms with Crippen LogP contribution in [-0.2, 0) is 0 Å². The first-order valence-corrected chi connectivity index (χ1v) is 9.55. The van der Waals surface area contributed by atoms with E-state index in [0.29, 0.717) is 5.19 Å². The molecule has 2 fully saturated rings. The molecule has 1 aromatic rings. The van der Waals surface area contributed by atoms with Gasteiger partial charge >= 0.3 is 0 Å². The minimum atomic E-state index is 0.119. The first-order chi connectivity index (χ1) is 11.2. The molecule has 3 rings (SSSR count). The van der Waals surface area contributed by atoms with E-state index < -0.39 is 0 Å². The van der Waals surface area contributed by atoms with Gasteiger partial charge in [0.25, 0.3) is 11.1 Å². The quantitative estimate of drug-likeness (QED) is 0.851. The van der Waals surface area contributed by atoms with Gasteiger partial charge in [-0.2, -0.15) is 0 Å². The van der Waals surface area contributed by atoms with Crippen LogP contribution in [0.15, 0.2) is 0 Å². The highest BCUT2D eigenvalue weighted by molar-refractivity contribution is 7.15. The van der Waals surface area contributed by atoms with Crippen molar-refractivity contribution >= 4 is 17.2 Å². The predicted molar refractivity (Wildman–Crippen MR) is 92.4 cm³/mol. The van der Waals surface area contributed by atoms with Gasteiger partial charge in [-0.15, -0.1) is 0 Å². The molecule has 0 bridgehead atoms. The third kappa shape index (κ3) is 3.86. The highest BCUT2D eigenvalue weighted by Crippen LogP contribution is 2.27. The van der Waals surface area contributed by atoms with Crippen LogP contribution in [0, 0.1) is 6.92 Å². The molecule has 1 aliphatic heterocycles. The molecule has 0 N–H and O–H groups in total. The molecule has 1 saturated heterocycles. The fourth-order valence-electron chi connectivity index (χ4n) is 3.75. The highest BCUT2D eigenvalue weighted by atomic mass is 32.1. The average Bonchev–Trinajstić information content (AvgIpc) is 2.81. The Labute approximate surface area is 142 Å². The summed E-state index contributed by atoms with van der Waals surface area (Å²) in [5.74, 6) is 0.119. The van der Waals surface area contributed by atoms with Crippen molar-refractivity contribution in [2.75, 3.05) is 33.3 Å². The fraction of sp³-hybridized carbons (Fsp3) is 0.765. The van der Waals surface area contributed by atoms with Crippen LogP contribution in [0.1, 0.15) is 53.9 Å². The molecule has 0 aromatic carbocycles. The second-order valence-corrected chi connectivity index (χ2v) is 7.53. The molecule has 5 nitrogen and oxygen atoms in total. The number of rotatable bonds is 3. The van der Waals surface area contributed by atoms with Crippen molar-refractivity contribution in [2.24, 2.45) is 0 Å². The van der Waals surface area contributed by atoms with Gasteiger partial charge in [-0.1, -0.05) is 30.6 Å². The first kappa shape index (κ1) is 16.7. The van der Waals surface area contributed by atoms with Crippen LogP contribution in [-0.4, -0.2) is 60.0 Å². The zero-order chi connectivity index (χ0) is 16.2. The van der Waals surface area contributed by atoms with Gasteiger partial charge in [-0.05, 0) is 26.2 Å². The number of hydrogen-bond donors (Lipinski definition) is 0. The number of carbonyl (C=O) groups excluding carboxylic acids is 1. The molecular formula is C17H27N3O2S. The van der Waals surface area contributed by atoms with Crippen LogP contribution in [0.4, 0.5) is 0 Å². The summed E-state index contributed by atoms with van der Waals surface area (Å²) in [4.78, 5) is 22.5. The van der Waals surface area contributed by atoms with E-state index in [0.717, 1.165) is 49.2 Å². The molecule has 1 saturated carbocycles. The van der Waals surface area contributed by atoms with E-state index in [2.05, 4.69) is 9.88 Å². The zero-order valence-corrected chi connectivity index (χ0v) is 15.0. The standard InChI is InChI=1S/C17H27N3O2S/c1-13-15(23-17(18-13)22-2)16(21)20-10-6-9-19(11-12-20)14-7-4-3-5-8-14/h14H,3-12H2,1-2H3. The van der Waals surface area contributed by atoms with Crippen molar-refractivity contribution in [1.29, 1.82) is 0 Å². The van der Waals surface area contributed by atoms with Gasteiger partial charge in [0.1, 0.15) is 4.88 Å². The number of amides is 1. The van der Waals surface area contributed by atoms with Crippen LogP contribution >= 0.6 is 11.3 Å². The van der Waals surface area contributed by atoms with E-state index in [-0.39, 0.29) is 5.91 Å². The molecule has 6 heteroatoms. The summed E-state index contributed by atoms with van der Waals surface area (Å²) in [5, 5.41) is 0.574. The average molecular weight is 337 g/mol. The number of ether oxygens (including phenoxy) is 1. The number of carbonyl (C=O) groups is 1. The maximum absolute atomic E-state index is 12.8. The van der Waals surface area contributed by atoms with Gasteiger partial charge in [-0.25, -0.2) is 4.98 Å². The summed E-state index contributed by atoms with van der Waals surface area (Å²) in [5.41, 5.74) is 0.783. The van der Waals surface area contributed by atoms with E-state index in [1.165, 1.54) is 43.4 Å². The third-order valence-electron chi connectivity index (χ3n) is 5.05. The van der Waals surface area contributed by atoms with Crippen LogP contribution in [0.3, 0.4) is 0 Å². The number of methoxy groups -OCH3 is 1. The molecule has 0 radical (unpaired) electrons. The number of hydrogen-bond acceptors (Lipinski definition) is 5. The van der Waals surface area contributed by atoms with Crippen LogP contribution in [0.25, 0.3) is 0 Å². The summed E-state index contributed by atoms with van der Waals surface area (Å²) >= 11 is 1.36. The second-order valence-electron chi connectivity index (χ2n) is 6.57. The lowest BCUT2D eigenvalue weighted by atomic mass is 9.94. The predicted octanol–water partition coefficient (Wildman–Crippen LogP) is 2.94. The van der Waals surface area contributed by atoms with Crippen molar-refractivity contribution in [3.63, 3.8) is 0 Å². The van der Waals surface area contributed by atoms with Gasteiger partial charge in [0.2, 0.25) is 0 Å². The normalized spacial score (nSPS) is 21.2. The van der Waals surface area contributed by atoms with Crippen molar-refractivity contribution in [3.05, 3.63) is 10.6 Å². The van der Waals surface area contributed by atoms with E-state index in [4.69, 9.17) is 4.74 Å². The number of thiazole rings is 1. The van der Waals surface area contributed by atoms with Crippen LogP contribution in [0.2, 0.25) is 0 Å². The molecule has 1 aliphatic carbocycles. The second kappa shape index (κ2) is 7.62. The molecule has 1 aromatic heterocycles. The topological polar surface area (TPSA) is 45.7 Å². The van der Waals surface area contributed by atoms with Crippen LogP contribution in [0.5, 0.6) is 5.19 Å². The Balaban J connectivity index is 1.62. The van der Waals surface area contributed by atoms with Crippen molar-refractivity contribution in [2.45, 2.75) is 51.5 Å². The lowest BCUT2D eigenvalue weighted by molar-refractivity contribution is 0.0759. The number of aryl methyl sites for hydroxylation is 1. The zero-order valence-electron chi connectivity index (χ0n) is 14.2. The maximum Gasteiger partial charge on any atom is 0.273 e. The largest absolute Gasteiger partial charge is 0.473 e. The maximum atomic E-state index is 12.8. The molecule has 2 heterocycles. The van der Waals surface area contributed by atoms with Gasteiger partial charge in [0.15, 0.2) is 0 Å². The van der Waals surface area contributed by atoms with Crippen molar-refractivity contribution in [1.82, 2.24) is 14.8 Å². The minimum Gasteiger partial charge on any atom is -0.473 e. The minimum absolute atomic E-state index is 0.119. The summed E-state index contributed by atoms with van der Waals surface area (Å²) < 4.78 is 5.16. The molecule has 128 valence electrons. The Morgan fingerprint density at radius 1 is 1.13 bits per heavy atom. The Morgan fingerprint density at radius 3 is 2.61 bits per heavy atom. The van der Waals surface area contributed by atoms with E-state index >= 15 is 0 Å². The summed E-state index contributed by atoms with van der Waals surface area (Å²) in [7, 11) is 1.60. The first-order valence-electron chi connectivity index (χ1n) is 8.74. The lowest BCUT2D eigenvalue weighted by Gasteiger charge is -2.33. The molecule has 0 unspecified atom stereocenters. The van der Waals surface area contributed by atoms with Gasteiger partial charge in [0.05, 0.1) is 12.8 Å². The molecule has 23 heavy (non-hydrogen) atoms. The summed E-state index contributed by atoms with van der Waals surface area (Å²) in [6, 6.07) is 0.740. The monoisotopic (exact) mass is 337 g/mol. The Kier molecular flexibility index (Phi) is 5.54. The summed E-state index contributed by atoms with van der Waals surface area (Å²) in [6.07, 6.45) is 7.85. The summed E-state index contributed by atoms with van der Waals surface area (Å²) in [6.45, 7) is 5.69. The van der Waals surface area contributed by atoms with E-state index in [1.807, 2.05) is 11.8 Å². The Bertz CT molecular complexity index is 540. The fourth-order valence-corrected chi connectivity index (χ4v) is 4.60. The van der Waals surface area contributed by atoms with Gasteiger partial charge < -0.3 is 9.64 Å². The van der Waals surface area contributed by atoms with Gasteiger partial charge in [0, 0.05) is 32.2 Å².